The van der Waals surface area contributed by atoms with E-state index in [1.807, 2.05) is 7.05 Å². The Labute approximate surface area is 194 Å². The number of piperidine rings is 2. The SMILES string of the molecule is CN(CC1CCCN2CCCCC12)C(=O)CC1NC(=O)N(Cc2ccc3c(c2)OCO3)C1=O. The standard InChI is InChI=1S/C24H32N4O5/c1-26(14-17-5-4-10-27-9-3-2-6-19(17)27)22(29)12-18-23(30)28(24(31)25-18)13-16-7-8-20-21(11-16)33-15-32-20/h7-8,11,17-19H,2-6,9-10,12-15H2,1H3,(H,25,31). The van der Waals surface area contributed by atoms with Crippen molar-refractivity contribution in [3.63, 3.8) is 0 Å². The van der Waals surface area contributed by atoms with Gasteiger partial charge in [-0.15, -0.1) is 0 Å². The van der Waals surface area contributed by atoms with Crippen LogP contribution in [0.1, 0.15) is 44.1 Å². The van der Waals surface area contributed by atoms with E-state index >= 15 is 0 Å². The van der Waals surface area contributed by atoms with E-state index in [-0.39, 0.29) is 31.6 Å². The Hall–Kier alpha value is -2.81. The Bertz CT molecular complexity index is 935. The Kier molecular flexibility index (Phi) is 6.14. The second-order valence-corrected chi connectivity index (χ2v) is 9.59. The van der Waals surface area contributed by atoms with Crippen molar-refractivity contribution >= 4 is 17.8 Å². The van der Waals surface area contributed by atoms with Crippen molar-refractivity contribution in [2.24, 2.45) is 5.92 Å². The predicted octanol–water partition coefficient (Wildman–Crippen LogP) is 1.95. The summed E-state index contributed by atoms with van der Waals surface area (Å²) in [5.41, 5.74) is 0.765. The number of nitrogens with one attached hydrogen (secondary N) is 1. The van der Waals surface area contributed by atoms with Crippen LogP contribution >= 0.6 is 0 Å². The van der Waals surface area contributed by atoms with Crippen molar-refractivity contribution < 1.29 is 23.9 Å². The molecule has 0 aliphatic carbocycles. The van der Waals surface area contributed by atoms with Gasteiger partial charge in [0.15, 0.2) is 11.5 Å². The third-order valence-corrected chi connectivity index (χ3v) is 7.43. The molecule has 0 spiro atoms. The molecule has 4 aliphatic rings. The highest BCUT2D eigenvalue weighted by atomic mass is 16.7. The van der Waals surface area contributed by atoms with Gasteiger partial charge in [-0.05, 0) is 62.4 Å². The normalized spacial score (nSPS) is 26.8. The number of ether oxygens (including phenoxy) is 2. The molecule has 1 aromatic carbocycles. The highest BCUT2D eigenvalue weighted by Gasteiger charge is 2.40. The van der Waals surface area contributed by atoms with E-state index in [2.05, 4.69) is 10.2 Å². The quantitative estimate of drug-likeness (QED) is 0.658. The van der Waals surface area contributed by atoms with Gasteiger partial charge < -0.3 is 24.6 Å². The molecule has 9 heteroatoms. The molecule has 9 nitrogen and oxygen atoms in total. The maximum atomic E-state index is 12.9. The summed E-state index contributed by atoms with van der Waals surface area (Å²) in [5, 5.41) is 2.69. The highest BCUT2D eigenvalue weighted by Crippen LogP contribution is 2.33. The molecule has 178 valence electrons. The number of imide groups is 1. The minimum Gasteiger partial charge on any atom is -0.454 e. The lowest BCUT2D eigenvalue weighted by Crippen LogP contribution is -2.51. The topological polar surface area (TPSA) is 91.4 Å². The lowest BCUT2D eigenvalue weighted by molar-refractivity contribution is -0.135. The Morgan fingerprint density at radius 1 is 1.12 bits per heavy atom. The summed E-state index contributed by atoms with van der Waals surface area (Å²) >= 11 is 0. The van der Waals surface area contributed by atoms with Crippen LogP contribution in [0.15, 0.2) is 18.2 Å². The summed E-state index contributed by atoms with van der Waals surface area (Å²) in [7, 11) is 1.82. The average molecular weight is 457 g/mol. The van der Waals surface area contributed by atoms with Crippen LogP contribution in [-0.2, 0) is 16.1 Å². The van der Waals surface area contributed by atoms with E-state index < -0.39 is 12.1 Å². The number of nitrogens with zero attached hydrogens (tertiary/aromatic N) is 3. The lowest BCUT2D eigenvalue weighted by atomic mass is 9.83. The van der Waals surface area contributed by atoms with Gasteiger partial charge in [-0.3, -0.25) is 14.5 Å². The zero-order valence-electron chi connectivity index (χ0n) is 19.1. The Morgan fingerprint density at radius 2 is 1.94 bits per heavy atom. The van der Waals surface area contributed by atoms with E-state index in [9.17, 15) is 14.4 Å². The zero-order chi connectivity index (χ0) is 22.9. The van der Waals surface area contributed by atoms with Crippen molar-refractivity contribution in [2.75, 3.05) is 33.5 Å². The number of carbonyl (C=O) groups excluding carboxylic acids is 3. The predicted molar refractivity (Wildman–Crippen MR) is 120 cm³/mol. The second-order valence-electron chi connectivity index (χ2n) is 9.59. The van der Waals surface area contributed by atoms with Crippen LogP contribution in [-0.4, -0.2) is 78.1 Å². The van der Waals surface area contributed by atoms with Crippen LogP contribution in [0, 0.1) is 5.92 Å². The highest BCUT2D eigenvalue weighted by molar-refractivity contribution is 6.05. The van der Waals surface area contributed by atoms with Crippen molar-refractivity contribution in [2.45, 2.75) is 57.2 Å². The first-order valence-electron chi connectivity index (χ1n) is 12.0. The van der Waals surface area contributed by atoms with Crippen molar-refractivity contribution in [1.29, 1.82) is 0 Å². The number of hydrogen-bond acceptors (Lipinski definition) is 6. The third kappa shape index (κ3) is 4.51. The first kappa shape index (κ1) is 22.0. The minimum absolute atomic E-state index is 0.0141. The van der Waals surface area contributed by atoms with Crippen LogP contribution < -0.4 is 14.8 Å². The zero-order valence-corrected chi connectivity index (χ0v) is 19.1. The Balaban J connectivity index is 1.16. The van der Waals surface area contributed by atoms with Gasteiger partial charge in [0.1, 0.15) is 6.04 Å². The third-order valence-electron chi connectivity index (χ3n) is 7.43. The Morgan fingerprint density at radius 3 is 2.82 bits per heavy atom. The van der Waals surface area contributed by atoms with E-state index in [1.54, 1.807) is 23.1 Å². The summed E-state index contributed by atoms with van der Waals surface area (Å²) in [6.45, 7) is 3.33. The molecule has 0 saturated carbocycles. The van der Waals surface area contributed by atoms with Gasteiger partial charge in [0.25, 0.3) is 5.91 Å². The molecule has 4 amide bonds. The van der Waals surface area contributed by atoms with Crippen molar-refractivity contribution in [3.8, 4) is 11.5 Å². The molecular weight excluding hydrogens is 424 g/mol. The van der Waals surface area contributed by atoms with E-state index in [0.717, 1.165) is 16.9 Å². The molecule has 3 saturated heterocycles. The van der Waals surface area contributed by atoms with Crippen LogP contribution in [0.25, 0.3) is 0 Å². The maximum Gasteiger partial charge on any atom is 0.325 e. The fourth-order valence-electron chi connectivity index (χ4n) is 5.66. The van der Waals surface area contributed by atoms with Gasteiger partial charge in [0, 0.05) is 19.6 Å². The summed E-state index contributed by atoms with van der Waals surface area (Å²) in [4.78, 5) is 43.8. The van der Waals surface area contributed by atoms with E-state index in [4.69, 9.17) is 9.47 Å². The largest absolute Gasteiger partial charge is 0.454 e. The maximum absolute atomic E-state index is 12.9. The van der Waals surface area contributed by atoms with Gasteiger partial charge in [-0.2, -0.15) is 0 Å². The van der Waals surface area contributed by atoms with E-state index in [1.165, 1.54) is 38.8 Å². The monoisotopic (exact) mass is 456 g/mol. The molecule has 0 bridgehead atoms. The smallest absolute Gasteiger partial charge is 0.325 e. The molecular formula is C24H32N4O5. The molecule has 4 heterocycles. The fourth-order valence-corrected chi connectivity index (χ4v) is 5.66. The molecule has 1 N–H and O–H groups in total. The minimum atomic E-state index is -0.820. The number of hydrogen-bond donors (Lipinski definition) is 1. The average Bonchev–Trinajstić information content (AvgIpc) is 3.39. The summed E-state index contributed by atoms with van der Waals surface area (Å²) in [6.07, 6.45) is 6.04. The van der Waals surface area contributed by atoms with Gasteiger partial charge in [-0.1, -0.05) is 12.5 Å². The van der Waals surface area contributed by atoms with Gasteiger partial charge >= 0.3 is 6.03 Å². The first-order valence-corrected chi connectivity index (χ1v) is 12.0. The molecule has 1 aromatic rings. The molecule has 5 rings (SSSR count). The van der Waals surface area contributed by atoms with Crippen LogP contribution in [0.3, 0.4) is 0 Å². The van der Waals surface area contributed by atoms with Crippen LogP contribution in [0.2, 0.25) is 0 Å². The number of fused-ring (bicyclic) bond motifs is 2. The summed E-state index contributed by atoms with van der Waals surface area (Å²) in [6, 6.07) is 4.62. The van der Waals surface area contributed by atoms with Gasteiger partial charge in [-0.25, -0.2) is 4.79 Å². The van der Waals surface area contributed by atoms with Crippen LogP contribution in [0.5, 0.6) is 11.5 Å². The second kappa shape index (κ2) is 9.21. The van der Waals surface area contributed by atoms with Gasteiger partial charge in [0.2, 0.25) is 12.7 Å². The lowest BCUT2D eigenvalue weighted by Gasteiger charge is -2.45. The van der Waals surface area contributed by atoms with Crippen LogP contribution in [0.4, 0.5) is 4.79 Å². The first-order chi connectivity index (χ1) is 16.0. The van der Waals surface area contributed by atoms with Crippen molar-refractivity contribution in [1.82, 2.24) is 20.0 Å². The number of urea groups is 1. The molecule has 0 radical (unpaired) electrons. The van der Waals surface area contributed by atoms with E-state index in [0.29, 0.717) is 30.0 Å². The molecule has 4 aliphatic heterocycles. The molecule has 3 unspecified atom stereocenters. The number of rotatable bonds is 6. The molecule has 33 heavy (non-hydrogen) atoms. The summed E-state index contributed by atoms with van der Waals surface area (Å²) in [5.74, 6) is 1.26. The fraction of sp³-hybridized carbons (Fsp3) is 0.625. The number of carbonyl (C=O) groups is 3. The van der Waals surface area contributed by atoms with Crippen molar-refractivity contribution in [3.05, 3.63) is 23.8 Å². The number of benzene rings is 1. The molecule has 3 atom stereocenters. The molecule has 3 fully saturated rings. The summed E-state index contributed by atoms with van der Waals surface area (Å²) < 4.78 is 10.7. The number of amides is 4. The van der Waals surface area contributed by atoms with Gasteiger partial charge in [0.05, 0.1) is 13.0 Å². The molecule has 0 aromatic heterocycles.